The molecule has 0 aliphatic carbocycles. The Bertz CT molecular complexity index is 540. The zero-order valence-corrected chi connectivity index (χ0v) is 11.1. The zero-order chi connectivity index (χ0) is 13.1. The quantitative estimate of drug-likeness (QED) is 0.811. The number of nitrogen functional groups attached to an aromatic ring is 1. The first-order valence-electron chi connectivity index (χ1n) is 5.20. The van der Waals surface area contributed by atoms with Gasteiger partial charge in [0.15, 0.2) is 5.16 Å². The van der Waals surface area contributed by atoms with Gasteiger partial charge in [-0.15, -0.1) is 0 Å². The molecule has 8 heteroatoms. The molecule has 2 N–H and O–H groups in total. The van der Waals surface area contributed by atoms with Crippen molar-refractivity contribution in [3.05, 3.63) is 18.0 Å². The highest BCUT2D eigenvalue weighted by atomic mass is 32.2. The summed E-state index contributed by atoms with van der Waals surface area (Å²) in [4.78, 5) is 22.4. The van der Waals surface area contributed by atoms with Crippen LogP contribution in [0.3, 0.4) is 0 Å². The number of nitrogens with two attached hydrogens (primary N) is 1. The van der Waals surface area contributed by atoms with Crippen LogP contribution < -0.4 is 10.6 Å². The van der Waals surface area contributed by atoms with Gasteiger partial charge < -0.3 is 10.6 Å². The molecule has 2 aromatic rings. The van der Waals surface area contributed by atoms with Gasteiger partial charge in [-0.2, -0.15) is 15.0 Å². The van der Waals surface area contributed by atoms with Crippen LogP contribution in [-0.4, -0.2) is 39.0 Å². The van der Waals surface area contributed by atoms with Crippen molar-refractivity contribution < 1.29 is 0 Å². The second-order valence-corrected chi connectivity index (χ2v) is 4.75. The lowest BCUT2D eigenvalue weighted by molar-refractivity contribution is 0.866. The Morgan fingerprint density at radius 3 is 2.33 bits per heavy atom. The normalized spacial score (nSPS) is 10.4. The van der Waals surface area contributed by atoms with Crippen LogP contribution in [0.1, 0.15) is 5.56 Å². The topological polar surface area (TPSA) is 93.7 Å². The van der Waals surface area contributed by atoms with Crippen LogP contribution in [0.15, 0.2) is 22.7 Å². The molecular formula is C10H13N7S. The average Bonchev–Trinajstić information content (AvgIpc) is 2.31. The van der Waals surface area contributed by atoms with E-state index in [1.807, 2.05) is 21.0 Å². The molecule has 0 unspecified atom stereocenters. The minimum absolute atomic E-state index is 0.184. The molecule has 0 fully saturated rings. The molecule has 2 aromatic heterocycles. The molecule has 0 spiro atoms. The third kappa shape index (κ3) is 3.04. The first-order valence-corrected chi connectivity index (χ1v) is 6.01. The van der Waals surface area contributed by atoms with Crippen LogP contribution in [-0.2, 0) is 0 Å². The van der Waals surface area contributed by atoms with E-state index < -0.39 is 0 Å². The van der Waals surface area contributed by atoms with Crippen LogP contribution in [0.5, 0.6) is 0 Å². The van der Waals surface area contributed by atoms with Gasteiger partial charge in [0.25, 0.3) is 0 Å². The fraction of sp³-hybridized carbons (Fsp3) is 0.300. The van der Waals surface area contributed by atoms with E-state index in [1.54, 1.807) is 17.3 Å². The SMILES string of the molecule is Cc1cnc(Sc2nc(N)nc(N(C)C)n2)nc1. The molecule has 0 radical (unpaired) electrons. The number of nitrogens with zero attached hydrogens (tertiary/aromatic N) is 6. The van der Waals surface area contributed by atoms with Crippen molar-refractivity contribution >= 4 is 23.7 Å². The van der Waals surface area contributed by atoms with Crippen molar-refractivity contribution in [2.24, 2.45) is 0 Å². The number of aryl methyl sites for hydroxylation is 1. The molecule has 0 amide bonds. The lowest BCUT2D eigenvalue weighted by Crippen LogP contribution is -2.15. The highest BCUT2D eigenvalue weighted by Crippen LogP contribution is 2.22. The van der Waals surface area contributed by atoms with Crippen molar-refractivity contribution in [2.75, 3.05) is 24.7 Å². The van der Waals surface area contributed by atoms with Crippen molar-refractivity contribution in [2.45, 2.75) is 17.2 Å². The largest absolute Gasteiger partial charge is 0.368 e. The Balaban J connectivity index is 2.26. The summed E-state index contributed by atoms with van der Waals surface area (Å²) in [5, 5.41) is 1.06. The van der Waals surface area contributed by atoms with E-state index in [2.05, 4.69) is 24.9 Å². The monoisotopic (exact) mass is 263 g/mol. The lowest BCUT2D eigenvalue weighted by atomic mass is 10.4. The van der Waals surface area contributed by atoms with E-state index >= 15 is 0 Å². The molecule has 2 heterocycles. The van der Waals surface area contributed by atoms with Gasteiger partial charge in [-0.25, -0.2) is 9.97 Å². The number of rotatable bonds is 3. The second-order valence-electron chi connectivity index (χ2n) is 3.82. The third-order valence-electron chi connectivity index (χ3n) is 1.96. The lowest BCUT2D eigenvalue weighted by Gasteiger charge is -2.10. The Morgan fingerprint density at radius 1 is 1.06 bits per heavy atom. The Hall–Kier alpha value is -1.96. The number of anilines is 2. The smallest absolute Gasteiger partial charge is 0.230 e. The summed E-state index contributed by atoms with van der Waals surface area (Å²) in [6.45, 7) is 1.93. The summed E-state index contributed by atoms with van der Waals surface area (Å²) in [6.07, 6.45) is 3.49. The van der Waals surface area contributed by atoms with Crippen molar-refractivity contribution in [1.29, 1.82) is 0 Å². The fourth-order valence-corrected chi connectivity index (χ4v) is 1.76. The van der Waals surface area contributed by atoms with E-state index in [0.717, 1.165) is 5.56 Å². The van der Waals surface area contributed by atoms with E-state index in [1.165, 1.54) is 11.8 Å². The average molecular weight is 263 g/mol. The molecule has 0 bridgehead atoms. The summed E-state index contributed by atoms with van der Waals surface area (Å²) >= 11 is 1.25. The standard InChI is InChI=1S/C10H13N7S/c1-6-4-12-9(13-5-6)18-10-15-7(11)14-8(16-10)17(2)3/h4-5H,1-3H3,(H2,11,14,15,16). The van der Waals surface area contributed by atoms with Gasteiger partial charge in [0, 0.05) is 26.5 Å². The first kappa shape index (κ1) is 12.5. The molecule has 0 atom stereocenters. The minimum Gasteiger partial charge on any atom is -0.368 e. The van der Waals surface area contributed by atoms with Crippen LogP contribution in [0.25, 0.3) is 0 Å². The molecule has 18 heavy (non-hydrogen) atoms. The molecule has 2 rings (SSSR count). The molecule has 0 aromatic carbocycles. The van der Waals surface area contributed by atoms with E-state index in [4.69, 9.17) is 5.73 Å². The fourth-order valence-electron chi connectivity index (χ4n) is 1.12. The number of hydrogen-bond donors (Lipinski definition) is 1. The van der Waals surface area contributed by atoms with Crippen LogP contribution in [0, 0.1) is 6.92 Å². The van der Waals surface area contributed by atoms with Crippen molar-refractivity contribution in [3.8, 4) is 0 Å². The van der Waals surface area contributed by atoms with E-state index in [0.29, 0.717) is 16.3 Å². The molecule has 7 nitrogen and oxygen atoms in total. The summed E-state index contributed by atoms with van der Waals surface area (Å²) in [6, 6.07) is 0. The van der Waals surface area contributed by atoms with Gasteiger partial charge in [-0.1, -0.05) is 0 Å². The minimum atomic E-state index is 0.184. The van der Waals surface area contributed by atoms with Gasteiger partial charge in [0.05, 0.1) is 0 Å². The second kappa shape index (κ2) is 5.13. The van der Waals surface area contributed by atoms with Gasteiger partial charge in [-0.3, -0.25) is 0 Å². The summed E-state index contributed by atoms with van der Waals surface area (Å²) < 4.78 is 0. The predicted octanol–water partition coefficient (Wildman–Crippen LogP) is 0.769. The van der Waals surface area contributed by atoms with Gasteiger partial charge in [-0.05, 0) is 24.2 Å². The highest BCUT2D eigenvalue weighted by molar-refractivity contribution is 7.99. The zero-order valence-electron chi connectivity index (χ0n) is 10.3. The van der Waals surface area contributed by atoms with Gasteiger partial charge in [0.2, 0.25) is 17.1 Å². The summed E-state index contributed by atoms with van der Waals surface area (Å²) in [5.74, 6) is 0.695. The molecule has 0 saturated carbocycles. The molecule has 0 aliphatic heterocycles. The Labute approximate surface area is 109 Å². The molecule has 94 valence electrons. The highest BCUT2D eigenvalue weighted by Gasteiger charge is 2.09. The Kier molecular flexibility index (Phi) is 3.56. The van der Waals surface area contributed by atoms with E-state index in [-0.39, 0.29) is 5.95 Å². The maximum absolute atomic E-state index is 5.63. The van der Waals surface area contributed by atoms with Crippen LogP contribution in [0.4, 0.5) is 11.9 Å². The summed E-state index contributed by atoms with van der Waals surface area (Å²) in [7, 11) is 3.68. The maximum atomic E-state index is 5.63. The maximum Gasteiger partial charge on any atom is 0.230 e. The number of hydrogen-bond acceptors (Lipinski definition) is 8. The third-order valence-corrected chi connectivity index (χ3v) is 2.72. The number of aromatic nitrogens is 5. The summed E-state index contributed by atoms with van der Waals surface area (Å²) in [5.41, 5.74) is 6.64. The molecule has 0 saturated heterocycles. The predicted molar refractivity (Wildman–Crippen MR) is 69.5 cm³/mol. The van der Waals surface area contributed by atoms with Gasteiger partial charge >= 0.3 is 0 Å². The van der Waals surface area contributed by atoms with E-state index in [9.17, 15) is 0 Å². The van der Waals surface area contributed by atoms with Gasteiger partial charge in [0.1, 0.15) is 0 Å². The van der Waals surface area contributed by atoms with Crippen LogP contribution in [0.2, 0.25) is 0 Å². The first-order chi connectivity index (χ1) is 8.54. The Morgan fingerprint density at radius 2 is 1.72 bits per heavy atom. The van der Waals surface area contributed by atoms with Crippen molar-refractivity contribution in [1.82, 2.24) is 24.9 Å². The van der Waals surface area contributed by atoms with Crippen LogP contribution >= 0.6 is 11.8 Å². The molecule has 0 aliphatic rings. The molecular weight excluding hydrogens is 250 g/mol. The van der Waals surface area contributed by atoms with Crippen molar-refractivity contribution in [3.63, 3.8) is 0 Å².